The second-order valence-corrected chi connectivity index (χ2v) is 6.15. The van der Waals surface area contributed by atoms with Crippen molar-refractivity contribution in [3.05, 3.63) is 75.4 Å². The molecule has 0 aliphatic heterocycles. The summed E-state index contributed by atoms with van der Waals surface area (Å²) < 4.78 is 23.7. The van der Waals surface area contributed by atoms with Gasteiger partial charge in [0.25, 0.3) is 0 Å². The summed E-state index contributed by atoms with van der Waals surface area (Å²) in [6, 6.07) is 11.1. The predicted molar refractivity (Wildman–Crippen MR) is 97.0 cm³/mol. The molecule has 0 bridgehead atoms. The number of hydrogen-bond donors (Lipinski definition) is 0. The van der Waals surface area contributed by atoms with E-state index in [-0.39, 0.29) is 5.82 Å². The lowest BCUT2D eigenvalue weighted by molar-refractivity contribution is -0.131. The molecule has 0 saturated heterocycles. The topological polar surface area (TPSA) is 56.5 Å². The first kappa shape index (κ1) is 17.9. The van der Waals surface area contributed by atoms with Crippen molar-refractivity contribution in [1.82, 2.24) is 0 Å². The summed E-state index contributed by atoms with van der Waals surface area (Å²) in [5, 5.41) is 0.819. The molecule has 0 aliphatic carbocycles. The monoisotopic (exact) mass is 354 g/mol. The summed E-state index contributed by atoms with van der Waals surface area (Å²) in [5.74, 6) is -0.415. The highest BCUT2D eigenvalue weighted by atomic mass is 19.1. The van der Waals surface area contributed by atoms with Gasteiger partial charge in [0.1, 0.15) is 17.1 Å². The zero-order valence-electron chi connectivity index (χ0n) is 14.7. The van der Waals surface area contributed by atoms with E-state index in [4.69, 9.17) is 9.15 Å². The number of benzene rings is 2. The van der Waals surface area contributed by atoms with Crippen LogP contribution in [0.5, 0.6) is 5.75 Å². The largest absolute Gasteiger partial charge is 0.427 e. The van der Waals surface area contributed by atoms with Crippen molar-refractivity contribution in [1.29, 1.82) is 0 Å². The normalized spacial score (nSPS) is 10.9. The van der Waals surface area contributed by atoms with Gasteiger partial charge in [0.05, 0.1) is 0 Å². The molecule has 0 spiro atoms. The van der Waals surface area contributed by atoms with E-state index in [0.29, 0.717) is 29.7 Å². The van der Waals surface area contributed by atoms with Crippen LogP contribution in [0.4, 0.5) is 4.39 Å². The van der Waals surface area contributed by atoms with Crippen LogP contribution in [0.1, 0.15) is 37.0 Å². The first-order valence-electron chi connectivity index (χ1n) is 8.49. The lowest BCUT2D eigenvalue weighted by Gasteiger charge is -2.12. The van der Waals surface area contributed by atoms with Gasteiger partial charge in [0, 0.05) is 30.4 Å². The molecule has 3 aromatic rings. The fraction of sp³-hybridized carbons (Fsp3) is 0.238. The Hall–Kier alpha value is -2.95. The number of carbonyl (C=O) groups excluding carboxylic acids is 1. The van der Waals surface area contributed by atoms with Gasteiger partial charge in [-0.1, -0.05) is 25.5 Å². The Kier molecular flexibility index (Phi) is 5.16. The molecule has 0 N–H and O–H groups in total. The van der Waals surface area contributed by atoms with Crippen molar-refractivity contribution >= 4 is 16.9 Å². The number of halogens is 1. The molecule has 0 unspecified atom stereocenters. The van der Waals surface area contributed by atoms with Crippen molar-refractivity contribution in [2.75, 3.05) is 0 Å². The molecule has 3 rings (SSSR count). The van der Waals surface area contributed by atoms with Gasteiger partial charge >= 0.3 is 11.6 Å². The molecule has 0 amide bonds. The van der Waals surface area contributed by atoms with Crippen LogP contribution in [0.2, 0.25) is 0 Å². The van der Waals surface area contributed by atoms with Crippen LogP contribution >= 0.6 is 0 Å². The highest BCUT2D eigenvalue weighted by Gasteiger charge is 2.15. The van der Waals surface area contributed by atoms with E-state index < -0.39 is 11.6 Å². The molecule has 134 valence electrons. The summed E-state index contributed by atoms with van der Waals surface area (Å²) in [6.45, 7) is 3.35. The fourth-order valence-corrected chi connectivity index (χ4v) is 3.03. The smallest absolute Gasteiger partial charge is 0.340 e. The molecule has 0 radical (unpaired) electrons. The maximum atomic E-state index is 13.1. The Bertz CT molecular complexity index is 1000. The molecule has 0 saturated carbocycles. The second kappa shape index (κ2) is 7.52. The number of aryl methyl sites for hydroxylation is 1. The van der Waals surface area contributed by atoms with Crippen LogP contribution in [0, 0.1) is 5.82 Å². The third-order valence-electron chi connectivity index (χ3n) is 4.15. The van der Waals surface area contributed by atoms with Gasteiger partial charge in [-0.15, -0.1) is 0 Å². The molecular formula is C21H19FO4. The molecule has 5 heteroatoms. The quantitative estimate of drug-likeness (QED) is 0.387. The molecule has 0 fully saturated rings. The van der Waals surface area contributed by atoms with E-state index in [1.54, 1.807) is 30.3 Å². The van der Waals surface area contributed by atoms with E-state index in [2.05, 4.69) is 0 Å². The van der Waals surface area contributed by atoms with E-state index in [1.165, 1.54) is 19.1 Å². The number of esters is 1. The van der Waals surface area contributed by atoms with Crippen molar-refractivity contribution in [3.8, 4) is 5.75 Å². The maximum Gasteiger partial charge on any atom is 0.340 e. The Morgan fingerprint density at radius 2 is 1.85 bits per heavy atom. The molecule has 1 heterocycles. The van der Waals surface area contributed by atoms with Gasteiger partial charge in [-0.3, -0.25) is 4.79 Å². The number of rotatable bonds is 5. The van der Waals surface area contributed by atoms with Crippen LogP contribution in [-0.2, 0) is 17.6 Å². The lowest BCUT2D eigenvalue weighted by Crippen LogP contribution is -2.13. The van der Waals surface area contributed by atoms with E-state index in [9.17, 15) is 14.0 Å². The molecular weight excluding hydrogens is 335 g/mol. The lowest BCUT2D eigenvalue weighted by atomic mass is 9.95. The Balaban J connectivity index is 2.11. The minimum absolute atomic E-state index is 0.314. The Labute approximate surface area is 150 Å². The average molecular weight is 354 g/mol. The summed E-state index contributed by atoms with van der Waals surface area (Å²) in [5.41, 5.74) is 2.29. The maximum absolute atomic E-state index is 13.1. The van der Waals surface area contributed by atoms with Gasteiger partial charge in [-0.05, 0) is 41.8 Å². The first-order valence-corrected chi connectivity index (χ1v) is 8.49. The molecule has 1 aromatic heterocycles. The van der Waals surface area contributed by atoms with E-state index in [1.807, 2.05) is 6.92 Å². The fourth-order valence-electron chi connectivity index (χ4n) is 3.03. The summed E-state index contributed by atoms with van der Waals surface area (Å²) in [7, 11) is 0. The van der Waals surface area contributed by atoms with Crippen LogP contribution in [0.25, 0.3) is 11.0 Å². The predicted octanol–water partition coefficient (Wildman–Crippen LogP) is 4.40. The number of carbonyl (C=O) groups is 1. The van der Waals surface area contributed by atoms with E-state index in [0.717, 1.165) is 22.9 Å². The van der Waals surface area contributed by atoms with Gasteiger partial charge in [-0.2, -0.15) is 0 Å². The van der Waals surface area contributed by atoms with Crippen molar-refractivity contribution < 1.29 is 18.3 Å². The minimum Gasteiger partial charge on any atom is -0.427 e. The highest BCUT2D eigenvalue weighted by Crippen LogP contribution is 2.27. The van der Waals surface area contributed by atoms with Crippen LogP contribution in [-0.4, -0.2) is 5.97 Å². The zero-order chi connectivity index (χ0) is 18.7. The van der Waals surface area contributed by atoms with E-state index >= 15 is 0 Å². The summed E-state index contributed by atoms with van der Waals surface area (Å²) in [4.78, 5) is 23.7. The summed E-state index contributed by atoms with van der Waals surface area (Å²) in [6.07, 6.45) is 1.95. The van der Waals surface area contributed by atoms with Crippen molar-refractivity contribution in [2.45, 2.75) is 33.1 Å². The van der Waals surface area contributed by atoms with Crippen molar-refractivity contribution in [2.24, 2.45) is 0 Å². The average Bonchev–Trinajstić information content (AvgIpc) is 2.59. The molecule has 2 aromatic carbocycles. The molecule has 4 nitrogen and oxygen atoms in total. The number of ether oxygens (including phenoxy) is 1. The number of fused-ring (bicyclic) bond motifs is 1. The van der Waals surface area contributed by atoms with Gasteiger partial charge in [-0.25, -0.2) is 9.18 Å². The van der Waals surface area contributed by atoms with Crippen LogP contribution in [0.15, 0.2) is 51.7 Å². The van der Waals surface area contributed by atoms with Crippen LogP contribution < -0.4 is 10.4 Å². The number of hydrogen-bond acceptors (Lipinski definition) is 4. The molecule has 0 atom stereocenters. The molecule has 26 heavy (non-hydrogen) atoms. The first-order chi connectivity index (χ1) is 12.5. The SMILES string of the molecule is CCCc1c(Cc2ccc(F)cc2)c(=O)oc2cc(OC(C)=O)ccc12. The Morgan fingerprint density at radius 3 is 2.50 bits per heavy atom. The van der Waals surface area contributed by atoms with Crippen LogP contribution in [0.3, 0.4) is 0 Å². The summed E-state index contributed by atoms with van der Waals surface area (Å²) >= 11 is 0. The van der Waals surface area contributed by atoms with Gasteiger partial charge in [0.15, 0.2) is 0 Å². The standard InChI is InChI=1S/C21H19FO4/c1-3-4-17-18-10-9-16(25-13(2)23)12-20(18)26-21(24)19(17)11-14-5-7-15(22)8-6-14/h5-10,12H,3-4,11H2,1-2H3. The van der Waals surface area contributed by atoms with Crippen molar-refractivity contribution in [3.63, 3.8) is 0 Å². The highest BCUT2D eigenvalue weighted by molar-refractivity contribution is 5.83. The minimum atomic E-state index is -0.437. The second-order valence-electron chi connectivity index (χ2n) is 6.15. The third kappa shape index (κ3) is 3.82. The molecule has 0 aliphatic rings. The third-order valence-corrected chi connectivity index (χ3v) is 4.15. The Morgan fingerprint density at radius 1 is 1.12 bits per heavy atom. The van der Waals surface area contributed by atoms with Gasteiger partial charge < -0.3 is 9.15 Å². The zero-order valence-corrected chi connectivity index (χ0v) is 14.7. The van der Waals surface area contributed by atoms with Gasteiger partial charge in [0.2, 0.25) is 0 Å².